The molecule has 1 rings (SSSR count). The van der Waals surface area contributed by atoms with Gasteiger partial charge in [0.1, 0.15) is 0 Å². The summed E-state index contributed by atoms with van der Waals surface area (Å²) in [5, 5.41) is 3.17. The Hall–Kier alpha value is 0.1000. The van der Waals surface area contributed by atoms with Crippen molar-refractivity contribution in [3.8, 4) is 0 Å². The van der Waals surface area contributed by atoms with Gasteiger partial charge in [-0.1, -0.05) is 13.8 Å². The van der Waals surface area contributed by atoms with E-state index in [9.17, 15) is 0 Å². The summed E-state index contributed by atoms with van der Waals surface area (Å²) in [6, 6.07) is 4.25. The molecular weight excluding hydrogens is 248 g/mol. The smallest absolute Gasteiger partial charge is 0.0701 e. The molecule has 1 aromatic heterocycles. The first-order chi connectivity index (χ1) is 6.06. The summed E-state index contributed by atoms with van der Waals surface area (Å²) in [4.78, 5) is 1.38. The van der Waals surface area contributed by atoms with Crippen molar-refractivity contribution in [2.45, 2.75) is 19.3 Å². The van der Waals surface area contributed by atoms with Crippen LogP contribution in [0.5, 0.6) is 0 Å². The second kappa shape index (κ2) is 4.55. The van der Waals surface area contributed by atoms with Crippen LogP contribution in [0.1, 0.15) is 18.7 Å². The van der Waals surface area contributed by atoms with Gasteiger partial charge < -0.3 is 11.1 Å². The summed E-state index contributed by atoms with van der Waals surface area (Å²) >= 11 is 5.25. The predicted molar refractivity (Wildman–Crippen MR) is 62.1 cm³/mol. The van der Waals surface area contributed by atoms with Crippen molar-refractivity contribution in [2.24, 2.45) is 5.73 Å². The van der Waals surface area contributed by atoms with Gasteiger partial charge in [-0.2, -0.15) is 0 Å². The topological polar surface area (TPSA) is 38.0 Å². The fourth-order valence-corrected chi connectivity index (χ4v) is 2.64. The lowest BCUT2D eigenvalue weighted by atomic mass is 9.91. The lowest BCUT2D eigenvalue weighted by molar-refractivity contribution is 0.482. The first-order valence-corrected chi connectivity index (χ1v) is 5.84. The quantitative estimate of drug-likeness (QED) is 0.818. The number of nitrogens with one attached hydrogen (secondary N) is 1. The molecule has 0 unspecified atom stereocenters. The van der Waals surface area contributed by atoms with Crippen LogP contribution in [0.25, 0.3) is 0 Å². The van der Waals surface area contributed by atoms with Gasteiger partial charge in [0, 0.05) is 23.5 Å². The summed E-state index contributed by atoms with van der Waals surface area (Å²) in [5.74, 6) is 0. The Morgan fingerprint density at radius 3 is 2.69 bits per heavy atom. The van der Waals surface area contributed by atoms with Gasteiger partial charge in [0.2, 0.25) is 0 Å². The molecule has 3 N–H and O–H groups in total. The van der Waals surface area contributed by atoms with Crippen LogP contribution in [0.3, 0.4) is 0 Å². The van der Waals surface area contributed by atoms with Gasteiger partial charge >= 0.3 is 0 Å². The van der Waals surface area contributed by atoms with E-state index < -0.39 is 0 Å². The molecule has 74 valence electrons. The number of hydrogen-bond donors (Lipinski definition) is 2. The average molecular weight is 263 g/mol. The van der Waals surface area contributed by atoms with E-state index in [1.54, 1.807) is 11.3 Å². The van der Waals surface area contributed by atoms with Crippen LogP contribution in [-0.4, -0.2) is 13.2 Å². The second-order valence-corrected chi connectivity index (χ2v) is 6.08. The molecule has 0 aromatic carbocycles. The maximum absolute atomic E-state index is 5.40. The number of halogens is 1. The molecule has 0 bridgehead atoms. The minimum Gasteiger partial charge on any atom is -0.318 e. The standard InChI is InChI=1S/C9H15BrN2S/c1-9(2,5-12-6-11)7-3-4-8(10)13-7/h3-4,12H,5-6,11H2,1-2H3. The van der Waals surface area contributed by atoms with Crippen LogP contribution < -0.4 is 11.1 Å². The molecule has 1 aromatic rings. The first-order valence-electron chi connectivity index (χ1n) is 4.23. The lowest BCUT2D eigenvalue weighted by Gasteiger charge is -2.23. The summed E-state index contributed by atoms with van der Waals surface area (Å²) in [6.45, 7) is 5.88. The molecule has 0 fully saturated rings. The number of hydrogen-bond acceptors (Lipinski definition) is 3. The van der Waals surface area contributed by atoms with Crippen molar-refractivity contribution in [3.05, 3.63) is 20.8 Å². The van der Waals surface area contributed by atoms with Gasteiger partial charge in [-0.3, -0.25) is 0 Å². The summed E-state index contributed by atoms with van der Waals surface area (Å²) < 4.78 is 1.18. The zero-order valence-electron chi connectivity index (χ0n) is 7.93. The summed E-state index contributed by atoms with van der Waals surface area (Å²) in [7, 11) is 0. The highest BCUT2D eigenvalue weighted by atomic mass is 79.9. The third-order valence-electron chi connectivity index (χ3n) is 1.95. The van der Waals surface area contributed by atoms with Crippen molar-refractivity contribution in [2.75, 3.05) is 13.2 Å². The Kier molecular flexibility index (Phi) is 3.91. The largest absolute Gasteiger partial charge is 0.318 e. The van der Waals surface area contributed by atoms with Crippen molar-refractivity contribution in [1.29, 1.82) is 0 Å². The zero-order chi connectivity index (χ0) is 9.90. The number of rotatable bonds is 4. The molecule has 4 heteroatoms. The monoisotopic (exact) mass is 262 g/mol. The van der Waals surface area contributed by atoms with Crippen LogP contribution >= 0.6 is 27.3 Å². The normalized spacial score (nSPS) is 12.0. The van der Waals surface area contributed by atoms with Crippen LogP contribution in [0, 0.1) is 0 Å². The molecule has 0 atom stereocenters. The van der Waals surface area contributed by atoms with E-state index in [1.165, 1.54) is 8.66 Å². The molecule has 13 heavy (non-hydrogen) atoms. The van der Waals surface area contributed by atoms with Crippen LogP contribution in [0.2, 0.25) is 0 Å². The number of nitrogens with two attached hydrogens (primary N) is 1. The zero-order valence-corrected chi connectivity index (χ0v) is 10.3. The molecule has 0 saturated heterocycles. The average Bonchev–Trinajstić information content (AvgIpc) is 2.49. The van der Waals surface area contributed by atoms with Gasteiger partial charge in [-0.15, -0.1) is 11.3 Å². The Morgan fingerprint density at radius 1 is 1.54 bits per heavy atom. The highest BCUT2D eigenvalue weighted by Gasteiger charge is 2.21. The molecule has 0 spiro atoms. The van der Waals surface area contributed by atoms with E-state index >= 15 is 0 Å². The Morgan fingerprint density at radius 2 is 2.23 bits per heavy atom. The lowest BCUT2D eigenvalue weighted by Crippen LogP contribution is -2.35. The molecule has 0 aliphatic heterocycles. The molecular formula is C9H15BrN2S. The third-order valence-corrected chi connectivity index (χ3v) is 3.94. The SMILES string of the molecule is CC(C)(CNCN)c1ccc(Br)s1. The maximum Gasteiger partial charge on any atom is 0.0701 e. The molecule has 2 nitrogen and oxygen atoms in total. The van der Waals surface area contributed by atoms with E-state index in [-0.39, 0.29) is 5.41 Å². The van der Waals surface area contributed by atoms with E-state index in [2.05, 4.69) is 47.2 Å². The second-order valence-electron chi connectivity index (χ2n) is 3.62. The van der Waals surface area contributed by atoms with Crippen LogP contribution in [0.4, 0.5) is 0 Å². The van der Waals surface area contributed by atoms with Crippen LogP contribution in [0.15, 0.2) is 15.9 Å². The highest BCUT2D eigenvalue weighted by molar-refractivity contribution is 9.11. The van der Waals surface area contributed by atoms with Gasteiger partial charge in [-0.05, 0) is 28.1 Å². The molecule has 0 aliphatic rings. The van der Waals surface area contributed by atoms with Crippen LogP contribution in [-0.2, 0) is 5.41 Å². The van der Waals surface area contributed by atoms with Gasteiger partial charge in [0.25, 0.3) is 0 Å². The molecule has 0 radical (unpaired) electrons. The first kappa shape index (κ1) is 11.2. The van der Waals surface area contributed by atoms with Crippen molar-refractivity contribution >= 4 is 27.3 Å². The highest BCUT2D eigenvalue weighted by Crippen LogP contribution is 2.32. The Bertz CT molecular complexity index is 270. The van der Waals surface area contributed by atoms with E-state index in [0.717, 1.165) is 6.54 Å². The van der Waals surface area contributed by atoms with Crippen molar-refractivity contribution in [1.82, 2.24) is 5.32 Å². The molecule has 0 aliphatic carbocycles. The van der Waals surface area contributed by atoms with Gasteiger partial charge in [0.15, 0.2) is 0 Å². The fraction of sp³-hybridized carbons (Fsp3) is 0.556. The Balaban J connectivity index is 2.68. The minimum atomic E-state index is 0.163. The molecule has 0 amide bonds. The van der Waals surface area contributed by atoms with Gasteiger partial charge in [-0.25, -0.2) is 0 Å². The molecule has 0 saturated carbocycles. The summed E-state index contributed by atoms with van der Waals surface area (Å²) in [6.07, 6.45) is 0. The summed E-state index contributed by atoms with van der Waals surface area (Å²) in [5.41, 5.74) is 5.56. The van der Waals surface area contributed by atoms with Crippen molar-refractivity contribution in [3.63, 3.8) is 0 Å². The minimum absolute atomic E-state index is 0.163. The maximum atomic E-state index is 5.40. The number of thiophene rings is 1. The Labute approximate surface area is 91.7 Å². The van der Waals surface area contributed by atoms with E-state index in [0.29, 0.717) is 6.67 Å². The fourth-order valence-electron chi connectivity index (χ4n) is 1.15. The third kappa shape index (κ3) is 3.06. The van der Waals surface area contributed by atoms with E-state index in [4.69, 9.17) is 5.73 Å². The van der Waals surface area contributed by atoms with Gasteiger partial charge in [0.05, 0.1) is 3.79 Å². The van der Waals surface area contributed by atoms with Crippen molar-refractivity contribution < 1.29 is 0 Å². The van der Waals surface area contributed by atoms with E-state index in [1.807, 2.05) is 0 Å². The molecule has 1 heterocycles. The predicted octanol–water partition coefficient (Wildman–Crippen LogP) is 2.29.